The lowest BCUT2D eigenvalue weighted by Crippen LogP contribution is -2.32. The summed E-state index contributed by atoms with van der Waals surface area (Å²) in [6.07, 6.45) is 5.80. The molecule has 0 bridgehead atoms. The van der Waals surface area contributed by atoms with Crippen molar-refractivity contribution in [2.45, 2.75) is 32.2 Å². The summed E-state index contributed by atoms with van der Waals surface area (Å²) in [6, 6.07) is 7.88. The van der Waals surface area contributed by atoms with Crippen LogP contribution >= 0.6 is 0 Å². The molecule has 0 unspecified atom stereocenters. The van der Waals surface area contributed by atoms with Gasteiger partial charge in [-0.3, -0.25) is 4.79 Å². The highest BCUT2D eigenvalue weighted by atomic mass is 16.5. The summed E-state index contributed by atoms with van der Waals surface area (Å²) in [5.41, 5.74) is 1.11. The first kappa shape index (κ1) is 17.5. The number of rotatable bonds is 8. The molecule has 0 aliphatic carbocycles. The highest BCUT2D eigenvalue weighted by Crippen LogP contribution is 2.19. The zero-order chi connectivity index (χ0) is 16.5. The maximum Gasteiger partial charge on any atom is 0.223 e. The van der Waals surface area contributed by atoms with Crippen molar-refractivity contribution >= 4 is 5.91 Å². The summed E-state index contributed by atoms with van der Waals surface area (Å²) >= 11 is 0. The van der Waals surface area contributed by atoms with Crippen molar-refractivity contribution in [2.24, 2.45) is 5.92 Å². The van der Waals surface area contributed by atoms with Gasteiger partial charge in [0.15, 0.2) is 0 Å². The normalized spacial score (nSPS) is 15.2. The van der Waals surface area contributed by atoms with E-state index in [1.165, 1.54) is 12.8 Å². The van der Waals surface area contributed by atoms with Crippen LogP contribution in [0.1, 0.15) is 31.2 Å². The van der Waals surface area contributed by atoms with Gasteiger partial charge in [0.25, 0.3) is 0 Å². The predicted octanol–water partition coefficient (Wildman–Crippen LogP) is 2.99. The Balaban J connectivity index is 1.87. The number of piperidine rings is 1. The number of amides is 1. The molecule has 1 fully saturated rings. The summed E-state index contributed by atoms with van der Waals surface area (Å²) in [7, 11) is 1.66. The van der Waals surface area contributed by atoms with Crippen molar-refractivity contribution in [3.05, 3.63) is 42.5 Å². The van der Waals surface area contributed by atoms with Gasteiger partial charge < -0.3 is 15.0 Å². The molecule has 23 heavy (non-hydrogen) atoms. The molecule has 1 aromatic carbocycles. The Morgan fingerprint density at radius 1 is 1.35 bits per heavy atom. The number of hydrogen-bond acceptors (Lipinski definition) is 3. The van der Waals surface area contributed by atoms with E-state index in [0.29, 0.717) is 25.4 Å². The molecule has 1 aliphatic heterocycles. The van der Waals surface area contributed by atoms with Gasteiger partial charge in [-0.15, -0.1) is 6.58 Å². The fourth-order valence-electron chi connectivity index (χ4n) is 3.02. The Morgan fingerprint density at radius 2 is 2.04 bits per heavy atom. The lowest BCUT2D eigenvalue weighted by molar-refractivity contribution is -0.131. The highest BCUT2D eigenvalue weighted by molar-refractivity contribution is 5.76. The van der Waals surface area contributed by atoms with Gasteiger partial charge in [0, 0.05) is 19.5 Å². The molecule has 1 aliphatic rings. The number of carbonyl (C=O) groups excluding carboxylic acids is 1. The second kappa shape index (κ2) is 9.36. The molecule has 0 radical (unpaired) electrons. The Labute approximate surface area is 139 Å². The van der Waals surface area contributed by atoms with Crippen LogP contribution in [-0.4, -0.2) is 37.6 Å². The van der Waals surface area contributed by atoms with E-state index in [1.807, 2.05) is 29.2 Å². The van der Waals surface area contributed by atoms with E-state index in [2.05, 4.69) is 11.9 Å². The first-order valence-corrected chi connectivity index (χ1v) is 8.45. The second-order valence-corrected chi connectivity index (χ2v) is 6.14. The molecule has 0 saturated carbocycles. The summed E-state index contributed by atoms with van der Waals surface area (Å²) < 4.78 is 5.17. The Morgan fingerprint density at radius 3 is 2.65 bits per heavy atom. The topological polar surface area (TPSA) is 41.6 Å². The number of nitrogens with one attached hydrogen (secondary N) is 1. The average Bonchev–Trinajstić information content (AvgIpc) is 2.61. The van der Waals surface area contributed by atoms with Gasteiger partial charge in [-0.2, -0.15) is 0 Å². The van der Waals surface area contributed by atoms with Crippen molar-refractivity contribution in [1.29, 1.82) is 0 Å². The van der Waals surface area contributed by atoms with Crippen LogP contribution in [0.25, 0.3) is 0 Å². The molecule has 0 spiro atoms. The fourth-order valence-corrected chi connectivity index (χ4v) is 3.02. The standard InChI is InChI=1S/C19H28N2O2/c1-3-14-21(15-17-4-7-18(23-2)8-5-17)19(22)9-6-16-10-12-20-13-11-16/h3-5,7-8,16,20H,1,6,9-15H2,2H3. The summed E-state index contributed by atoms with van der Waals surface area (Å²) in [6.45, 7) is 7.17. The number of ether oxygens (including phenoxy) is 1. The second-order valence-electron chi connectivity index (χ2n) is 6.14. The van der Waals surface area contributed by atoms with Gasteiger partial charge in [-0.1, -0.05) is 18.2 Å². The molecule has 0 aromatic heterocycles. The van der Waals surface area contributed by atoms with Crippen LogP contribution in [0, 0.1) is 5.92 Å². The van der Waals surface area contributed by atoms with Crippen LogP contribution in [0.2, 0.25) is 0 Å². The Bertz CT molecular complexity index is 493. The van der Waals surface area contributed by atoms with E-state index in [0.717, 1.165) is 30.8 Å². The summed E-state index contributed by atoms with van der Waals surface area (Å²) in [4.78, 5) is 14.4. The number of benzene rings is 1. The van der Waals surface area contributed by atoms with Gasteiger partial charge in [-0.05, 0) is 56.0 Å². The quantitative estimate of drug-likeness (QED) is 0.750. The first-order chi connectivity index (χ1) is 11.2. The number of methoxy groups -OCH3 is 1. The number of hydrogen-bond donors (Lipinski definition) is 1. The highest BCUT2D eigenvalue weighted by Gasteiger charge is 2.17. The Hall–Kier alpha value is -1.81. The number of carbonyl (C=O) groups is 1. The minimum Gasteiger partial charge on any atom is -0.497 e. The average molecular weight is 316 g/mol. The van der Waals surface area contributed by atoms with Crippen LogP contribution in [0.3, 0.4) is 0 Å². The van der Waals surface area contributed by atoms with E-state index in [4.69, 9.17) is 4.74 Å². The molecule has 1 aromatic rings. The van der Waals surface area contributed by atoms with Crippen LogP contribution in [-0.2, 0) is 11.3 Å². The largest absolute Gasteiger partial charge is 0.497 e. The van der Waals surface area contributed by atoms with Gasteiger partial charge in [0.2, 0.25) is 5.91 Å². The monoisotopic (exact) mass is 316 g/mol. The molecular formula is C19H28N2O2. The van der Waals surface area contributed by atoms with Crippen LogP contribution < -0.4 is 10.1 Å². The zero-order valence-electron chi connectivity index (χ0n) is 14.1. The van der Waals surface area contributed by atoms with Crippen molar-refractivity contribution in [1.82, 2.24) is 10.2 Å². The molecule has 126 valence electrons. The van der Waals surface area contributed by atoms with E-state index in [-0.39, 0.29) is 5.91 Å². The third-order valence-electron chi connectivity index (χ3n) is 4.46. The molecule has 1 N–H and O–H groups in total. The zero-order valence-corrected chi connectivity index (χ0v) is 14.1. The van der Waals surface area contributed by atoms with Gasteiger partial charge >= 0.3 is 0 Å². The number of nitrogens with zero attached hydrogens (tertiary/aromatic N) is 1. The molecular weight excluding hydrogens is 288 g/mol. The molecule has 4 heteroatoms. The van der Waals surface area contributed by atoms with E-state index in [9.17, 15) is 4.79 Å². The molecule has 1 heterocycles. The maximum atomic E-state index is 12.5. The van der Waals surface area contributed by atoms with Crippen LogP contribution in [0.15, 0.2) is 36.9 Å². The fraction of sp³-hybridized carbons (Fsp3) is 0.526. The smallest absolute Gasteiger partial charge is 0.223 e. The van der Waals surface area contributed by atoms with Crippen molar-refractivity contribution in [2.75, 3.05) is 26.7 Å². The predicted molar refractivity (Wildman–Crippen MR) is 93.4 cm³/mol. The van der Waals surface area contributed by atoms with Gasteiger partial charge in [0.1, 0.15) is 5.75 Å². The van der Waals surface area contributed by atoms with Gasteiger partial charge in [0.05, 0.1) is 7.11 Å². The van der Waals surface area contributed by atoms with Crippen LogP contribution in [0.5, 0.6) is 5.75 Å². The minimum absolute atomic E-state index is 0.222. The third-order valence-corrected chi connectivity index (χ3v) is 4.46. The maximum absolute atomic E-state index is 12.5. The lowest BCUT2D eigenvalue weighted by atomic mass is 9.93. The van der Waals surface area contributed by atoms with Crippen molar-refractivity contribution < 1.29 is 9.53 Å². The summed E-state index contributed by atoms with van der Waals surface area (Å²) in [5.74, 6) is 1.74. The minimum atomic E-state index is 0.222. The lowest BCUT2D eigenvalue weighted by Gasteiger charge is -2.25. The Kier molecular flexibility index (Phi) is 7.14. The molecule has 1 saturated heterocycles. The summed E-state index contributed by atoms with van der Waals surface area (Å²) in [5, 5.41) is 3.37. The third kappa shape index (κ3) is 5.71. The SMILES string of the molecule is C=CCN(Cc1ccc(OC)cc1)C(=O)CCC1CCNCC1. The van der Waals surface area contributed by atoms with Gasteiger partial charge in [-0.25, -0.2) is 0 Å². The van der Waals surface area contributed by atoms with E-state index in [1.54, 1.807) is 13.2 Å². The molecule has 0 atom stereocenters. The van der Waals surface area contributed by atoms with Crippen LogP contribution in [0.4, 0.5) is 0 Å². The van der Waals surface area contributed by atoms with E-state index >= 15 is 0 Å². The molecule has 1 amide bonds. The van der Waals surface area contributed by atoms with Crippen molar-refractivity contribution in [3.8, 4) is 5.75 Å². The first-order valence-electron chi connectivity index (χ1n) is 8.45. The van der Waals surface area contributed by atoms with E-state index < -0.39 is 0 Å². The molecule has 4 nitrogen and oxygen atoms in total. The van der Waals surface area contributed by atoms with Crippen molar-refractivity contribution in [3.63, 3.8) is 0 Å². The molecule has 2 rings (SSSR count).